The van der Waals surface area contributed by atoms with Gasteiger partial charge in [-0.25, -0.2) is 0 Å². The number of carbonyl (C=O) groups excluding carboxylic acids is 3. The lowest BCUT2D eigenvalue weighted by Crippen LogP contribution is -2.32. The molecule has 2 amide bonds. The molecule has 3 rings (SSSR count). The summed E-state index contributed by atoms with van der Waals surface area (Å²) in [5, 5.41) is 5.10. The summed E-state index contributed by atoms with van der Waals surface area (Å²) in [6.07, 6.45) is 0. The van der Waals surface area contributed by atoms with Gasteiger partial charge in [-0.2, -0.15) is 0 Å². The minimum Gasteiger partial charge on any atom is -0.493 e. The molecular formula is C26H26N2O7. The van der Waals surface area contributed by atoms with E-state index in [4.69, 9.17) is 18.9 Å². The van der Waals surface area contributed by atoms with Gasteiger partial charge in [0.05, 0.1) is 21.3 Å². The van der Waals surface area contributed by atoms with Gasteiger partial charge in [-0.05, 0) is 35.4 Å². The van der Waals surface area contributed by atoms with Crippen LogP contribution in [-0.2, 0) is 14.3 Å². The number of anilines is 1. The first-order valence-corrected chi connectivity index (χ1v) is 10.6. The van der Waals surface area contributed by atoms with Crippen molar-refractivity contribution in [2.75, 3.05) is 39.8 Å². The van der Waals surface area contributed by atoms with Crippen molar-refractivity contribution >= 4 is 23.5 Å². The Bertz CT molecular complexity index is 1150. The van der Waals surface area contributed by atoms with Crippen LogP contribution in [0, 0.1) is 0 Å². The maximum absolute atomic E-state index is 12.4. The van der Waals surface area contributed by atoms with Crippen LogP contribution in [0.3, 0.4) is 0 Å². The van der Waals surface area contributed by atoms with Gasteiger partial charge in [0.2, 0.25) is 5.75 Å². The van der Waals surface area contributed by atoms with Gasteiger partial charge in [0, 0.05) is 11.3 Å². The van der Waals surface area contributed by atoms with Gasteiger partial charge in [-0.1, -0.05) is 42.5 Å². The maximum Gasteiger partial charge on any atom is 0.325 e. The number of amides is 2. The third kappa shape index (κ3) is 6.73. The lowest BCUT2D eigenvalue weighted by molar-refractivity contribution is -0.146. The predicted molar refractivity (Wildman–Crippen MR) is 130 cm³/mol. The van der Waals surface area contributed by atoms with E-state index in [1.807, 2.05) is 42.5 Å². The summed E-state index contributed by atoms with van der Waals surface area (Å²) < 4.78 is 20.6. The molecule has 0 bridgehead atoms. The van der Waals surface area contributed by atoms with E-state index in [1.165, 1.54) is 33.5 Å². The van der Waals surface area contributed by atoms with Gasteiger partial charge >= 0.3 is 5.97 Å². The molecule has 0 saturated carbocycles. The van der Waals surface area contributed by atoms with E-state index in [-0.39, 0.29) is 5.56 Å². The number of methoxy groups -OCH3 is 3. The normalized spacial score (nSPS) is 10.1. The number of benzene rings is 3. The van der Waals surface area contributed by atoms with Gasteiger partial charge in [0.25, 0.3) is 11.8 Å². The summed E-state index contributed by atoms with van der Waals surface area (Å²) >= 11 is 0. The number of esters is 1. The van der Waals surface area contributed by atoms with Crippen molar-refractivity contribution < 1.29 is 33.3 Å². The molecule has 2 N–H and O–H groups in total. The van der Waals surface area contributed by atoms with Crippen molar-refractivity contribution in [3.63, 3.8) is 0 Å². The lowest BCUT2D eigenvalue weighted by atomic mass is 10.1. The molecule has 182 valence electrons. The number of nitrogens with one attached hydrogen (secondary N) is 2. The van der Waals surface area contributed by atoms with Crippen molar-refractivity contribution in [3.8, 4) is 28.4 Å². The van der Waals surface area contributed by atoms with Crippen LogP contribution in [0.15, 0.2) is 66.7 Å². The van der Waals surface area contributed by atoms with Crippen LogP contribution in [-0.4, -0.2) is 52.3 Å². The number of carbonyl (C=O) groups is 3. The third-order valence-electron chi connectivity index (χ3n) is 4.96. The van der Waals surface area contributed by atoms with Crippen LogP contribution in [0.25, 0.3) is 11.1 Å². The molecule has 0 aliphatic rings. The Kier molecular flexibility index (Phi) is 8.66. The molecule has 0 fully saturated rings. The zero-order chi connectivity index (χ0) is 25.2. The van der Waals surface area contributed by atoms with Crippen LogP contribution < -0.4 is 24.8 Å². The average molecular weight is 479 g/mol. The van der Waals surface area contributed by atoms with E-state index in [0.717, 1.165) is 11.1 Å². The number of rotatable bonds is 10. The zero-order valence-corrected chi connectivity index (χ0v) is 19.6. The molecule has 0 radical (unpaired) electrons. The number of hydrogen-bond acceptors (Lipinski definition) is 7. The van der Waals surface area contributed by atoms with Crippen molar-refractivity contribution in [3.05, 3.63) is 72.3 Å². The Labute approximate surface area is 203 Å². The second kappa shape index (κ2) is 12.1. The minimum absolute atomic E-state index is 0.198. The molecule has 9 heteroatoms. The highest BCUT2D eigenvalue weighted by Gasteiger charge is 2.18. The summed E-state index contributed by atoms with van der Waals surface area (Å²) in [6, 6.07) is 20.0. The highest BCUT2D eigenvalue weighted by Crippen LogP contribution is 2.38. The van der Waals surface area contributed by atoms with E-state index in [9.17, 15) is 14.4 Å². The molecule has 0 spiro atoms. The minimum atomic E-state index is -0.764. The molecule has 3 aromatic carbocycles. The fourth-order valence-electron chi connectivity index (χ4n) is 3.24. The fraction of sp³-hybridized carbons (Fsp3) is 0.192. The summed E-state index contributed by atoms with van der Waals surface area (Å²) in [4.78, 5) is 36.6. The monoisotopic (exact) mass is 478 g/mol. The zero-order valence-electron chi connectivity index (χ0n) is 19.6. The first-order valence-electron chi connectivity index (χ1n) is 10.6. The van der Waals surface area contributed by atoms with Crippen LogP contribution in [0.2, 0.25) is 0 Å². The molecule has 9 nitrogen and oxygen atoms in total. The first kappa shape index (κ1) is 25.1. The Morgan fingerprint density at radius 2 is 1.37 bits per heavy atom. The summed E-state index contributed by atoms with van der Waals surface area (Å²) in [7, 11) is 4.31. The van der Waals surface area contributed by atoms with Crippen LogP contribution in [0.4, 0.5) is 5.69 Å². The van der Waals surface area contributed by atoms with E-state index >= 15 is 0 Å². The molecule has 0 atom stereocenters. The topological polar surface area (TPSA) is 112 Å². The van der Waals surface area contributed by atoms with E-state index < -0.39 is 30.9 Å². The van der Waals surface area contributed by atoms with E-state index in [2.05, 4.69) is 10.6 Å². The molecule has 3 aromatic rings. The largest absolute Gasteiger partial charge is 0.493 e. The van der Waals surface area contributed by atoms with Crippen LogP contribution in [0.5, 0.6) is 17.2 Å². The van der Waals surface area contributed by atoms with E-state index in [0.29, 0.717) is 22.9 Å². The highest BCUT2D eigenvalue weighted by molar-refractivity contribution is 5.97. The third-order valence-corrected chi connectivity index (χ3v) is 4.96. The first-order chi connectivity index (χ1) is 16.9. The van der Waals surface area contributed by atoms with Gasteiger partial charge in [-0.3, -0.25) is 14.4 Å². The van der Waals surface area contributed by atoms with Crippen molar-refractivity contribution in [2.45, 2.75) is 0 Å². The van der Waals surface area contributed by atoms with Crippen molar-refractivity contribution in [1.29, 1.82) is 0 Å². The molecule has 0 aromatic heterocycles. The fourth-order valence-corrected chi connectivity index (χ4v) is 3.24. The lowest BCUT2D eigenvalue weighted by Gasteiger charge is -2.14. The van der Waals surface area contributed by atoms with E-state index in [1.54, 1.807) is 12.1 Å². The molecule has 0 aliphatic heterocycles. The van der Waals surface area contributed by atoms with Gasteiger partial charge < -0.3 is 29.6 Å². The Balaban J connectivity index is 1.47. The van der Waals surface area contributed by atoms with Crippen LogP contribution in [0.1, 0.15) is 10.4 Å². The van der Waals surface area contributed by atoms with Gasteiger partial charge in [-0.15, -0.1) is 0 Å². The smallest absolute Gasteiger partial charge is 0.325 e. The summed E-state index contributed by atoms with van der Waals surface area (Å²) in [5.41, 5.74) is 2.84. The quantitative estimate of drug-likeness (QED) is 0.430. The molecule has 0 unspecified atom stereocenters. The SMILES string of the molecule is COc1cc(C(=O)NCC(=O)OCC(=O)Nc2ccc(-c3ccccc3)cc2)cc(OC)c1OC. The van der Waals surface area contributed by atoms with Crippen molar-refractivity contribution in [1.82, 2.24) is 5.32 Å². The summed E-state index contributed by atoms with van der Waals surface area (Å²) in [5.74, 6) is -0.876. The molecule has 0 saturated heterocycles. The standard InChI is InChI=1S/C26H26N2O7/c1-32-21-13-19(14-22(33-2)25(21)34-3)26(31)27-15-24(30)35-16-23(29)28-20-11-9-18(10-12-20)17-7-5-4-6-8-17/h4-14H,15-16H2,1-3H3,(H,27,31)(H,28,29). The van der Waals surface area contributed by atoms with Gasteiger partial charge in [0.1, 0.15) is 6.54 Å². The highest BCUT2D eigenvalue weighted by atomic mass is 16.5. The second-order valence-electron chi connectivity index (χ2n) is 7.25. The molecule has 0 heterocycles. The summed E-state index contributed by atoms with van der Waals surface area (Å²) in [6.45, 7) is -0.909. The predicted octanol–water partition coefficient (Wildman–Crippen LogP) is 3.29. The Morgan fingerprint density at radius 3 is 1.94 bits per heavy atom. The van der Waals surface area contributed by atoms with Crippen LogP contribution >= 0.6 is 0 Å². The molecular weight excluding hydrogens is 452 g/mol. The van der Waals surface area contributed by atoms with Gasteiger partial charge in [0.15, 0.2) is 18.1 Å². The second-order valence-corrected chi connectivity index (χ2v) is 7.25. The molecule has 35 heavy (non-hydrogen) atoms. The number of hydrogen-bond donors (Lipinski definition) is 2. The van der Waals surface area contributed by atoms with Crippen molar-refractivity contribution in [2.24, 2.45) is 0 Å². The average Bonchev–Trinajstić information content (AvgIpc) is 2.90. The Hall–Kier alpha value is -4.53. The molecule has 0 aliphatic carbocycles. The maximum atomic E-state index is 12.4. The number of ether oxygens (including phenoxy) is 4. The Morgan fingerprint density at radius 1 is 0.771 bits per heavy atom.